The van der Waals surface area contributed by atoms with Crippen molar-refractivity contribution in [3.05, 3.63) is 89.0 Å². The molecule has 0 spiro atoms. The molecule has 0 bridgehead atoms. The number of rotatable bonds is 5. The van der Waals surface area contributed by atoms with E-state index in [2.05, 4.69) is 11.1 Å². The van der Waals surface area contributed by atoms with Gasteiger partial charge in [-0.25, -0.2) is 0 Å². The predicted octanol–water partition coefficient (Wildman–Crippen LogP) is 4.97. The Kier molecular flexibility index (Phi) is 5.18. The van der Waals surface area contributed by atoms with Gasteiger partial charge in [0.05, 0.1) is 7.11 Å². The van der Waals surface area contributed by atoms with Gasteiger partial charge in [0, 0.05) is 25.5 Å². The van der Waals surface area contributed by atoms with Crippen LogP contribution in [0.4, 0.5) is 0 Å². The minimum atomic E-state index is -0.101. The fourth-order valence-electron chi connectivity index (χ4n) is 3.40. The van der Waals surface area contributed by atoms with Gasteiger partial charge in [-0.15, -0.1) is 0 Å². The van der Waals surface area contributed by atoms with Gasteiger partial charge < -0.3 is 14.6 Å². The van der Waals surface area contributed by atoms with Crippen molar-refractivity contribution in [1.82, 2.24) is 14.5 Å². The van der Waals surface area contributed by atoms with Gasteiger partial charge in [0.25, 0.3) is 5.91 Å². The van der Waals surface area contributed by atoms with Crippen molar-refractivity contribution in [1.29, 1.82) is 0 Å². The van der Waals surface area contributed by atoms with E-state index in [-0.39, 0.29) is 5.91 Å². The van der Waals surface area contributed by atoms with Gasteiger partial charge in [0.2, 0.25) is 0 Å². The molecule has 0 atom stereocenters. The molecule has 4 rings (SSSR count). The number of nitrogens with one attached hydrogen (secondary N) is 1. The Hall–Kier alpha value is -3.38. The number of ether oxygens (including phenoxy) is 1. The number of benzene rings is 3. The van der Waals surface area contributed by atoms with E-state index in [1.165, 1.54) is 0 Å². The molecule has 0 unspecified atom stereocenters. The lowest BCUT2D eigenvalue weighted by Gasteiger charge is -2.18. The van der Waals surface area contributed by atoms with Crippen LogP contribution in [0.5, 0.6) is 5.75 Å². The zero-order valence-corrected chi connectivity index (χ0v) is 17.1. The number of nitrogens with zero attached hydrogens (tertiary/aromatic N) is 2. The van der Waals surface area contributed by atoms with Crippen LogP contribution in [0.25, 0.3) is 16.5 Å². The number of H-pyrrole nitrogens is 1. The summed E-state index contributed by atoms with van der Waals surface area (Å²) < 4.78 is 7.54. The molecule has 1 heterocycles. The third kappa shape index (κ3) is 3.79. The van der Waals surface area contributed by atoms with Crippen LogP contribution in [0.15, 0.2) is 72.9 Å². The fraction of sp³-hybridized carbons (Fsp3) is 0.130. The van der Waals surface area contributed by atoms with E-state index >= 15 is 0 Å². The molecular weight excluding hydrogens is 382 g/mol. The second-order valence-electron chi connectivity index (χ2n) is 6.86. The van der Waals surface area contributed by atoms with Crippen LogP contribution in [0.2, 0.25) is 0 Å². The summed E-state index contributed by atoms with van der Waals surface area (Å²) in [5.74, 6) is 0.728. The summed E-state index contributed by atoms with van der Waals surface area (Å²) in [5, 5.41) is 2.21. The van der Waals surface area contributed by atoms with Gasteiger partial charge in [-0.05, 0) is 58.9 Å². The van der Waals surface area contributed by atoms with Crippen molar-refractivity contribution in [2.45, 2.75) is 6.54 Å². The molecule has 4 aromatic rings. The normalized spacial score (nSPS) is 10.8. The molecule has 0 saturated heterocycles. The average molecular weight is 404 g/mol. The van der Waals surface area contributed by atoms with E-state index in [9.17, 15) is 4.79 Å². The molecule has 0 aliphatic heterocycles. The highest BCUT2D eigenvalue weighted by Gasteiger charge is 2.18. The van der Waals surface area contributed by atoms with E-state index in [1.807, 2.05) is 60.7 Å². The molecule has 0 saturated carbocycles. The van der Waals surface area contributed by atoms with Crippen molar-refractivity contribution < 1.29 is 9.53 Å². The summed E-state index contributed by atoms with van der Waals surface area (Å²) in [4.78, 5) is 17.8. The van der Waals surface area contributed by atoms with Crippen LogP contribution in [-0.4, -0.2) is 34.5 Å². The Morgan fingerprint density at radius 2 is 1.79 bits per heavy atom. The van der Waals surface area contributed by atoms with Gasteiger partial charge in [-0.3, -0.25) is 9.36 Å². The van der Waals surface area contributed by atoms with Gasteiger partial charge in [-0.2, -0.15) is 0 Å². The monoisotopic (exact) mass is 403 g/mol. The molecule has 5 nitrogen and oxygen atoms in total. The smallest absolute Gasteiger partial charge is 0.272 e. The Labute approximate surface area is 174 Å². The first-order valence-corrected chi connectivity index (χ1v) is 9.65. The SMILES string of the molecule is COc1ccc2cc(CN(C)C(=O)c3c[nH]c(=S)n3-c3ccccc3)ccc2c1. The number of fused-ring (bicyclic) bond motifs is 1. The molecule has 29 heavy (non-hydrogen) atoms. The Bertz CT molecular complexity index is 1230. The number of carbonyl (C=O) groups excluding carboxylic acids is 1. The first-order valence-electron chi connectivity index (χ1n) is 9.25. The van der Waals surface area contributed by atoms with Gasteiger partial charge in [-0.1, -0.05) is 36.4 Å². The molecule has 3 aromatic carbocycles. The van der Waals surface area contributed by atoms with Gasteiger partial charge in [0.1, 0.15) is 11.4 Å². The van der Waals surface area contributed by atoms with Crippen molar-refractivity contribution in [2.75, 3.05) is 14.2 Å². The number of aromatic nitrogens is 2. The molecule has 1 amide bonds. The zero-order valence-electron chi connectivity index (χ0n) is 16.3. The van der Waals surface area contributed by atoms with Crippen LogP contribution < -0.4 is 4.74 Å². The second kappa shape index (κ2) is 7.93. The van der Waals surface area contributed by atoms with Crippen molar-refractivity contribution in [2.24, 2.45) is 0 Å². The molecule has 1 aromatic heterocycles. The number of aromatic amines is 1. The van der Waals surface area contributed by atoms with Crippen molar-refractivity contribution in [3.8, 4) is 11.4 Å². The highest BCUT2D eigenvalue weighted by atomic mass is 32.1. The Morgan fingerprint density at radius 1 is 1.07 bits per heavy atom. The number of methoxy groups -OCH3 is 1. The highest BCUT2D eigenvalue weighted by Crippen LogP contribution is 2.23. The fourth-order valence-corrected chi connectivity index (χ4v) is 3.66. The summed E-state index contributed by atoms with van der Waals surface area (Å²) in [7, 11) is 3.46. The predicted molar refractivity (Wildman–Crippen MR) is 117 cm³/mol. The summed E-state index contributed by atoms with van der Waals surface area (Å²) in [5.41, 5.74) is 2.42. The second-order valence-corrected chi connectivity index (χ2v) is 7.25. The number of imidazole rings is 1. The maximum absolute atomic E-state index is 13.1. The average Bonchev–Trinajstić information content (AvgIpc) is 3.14. The molecule has 0 aliphatic carbocycles. The first-order chi connectivity index (χ1) is 14.1. The highest BCUT2D eigenvalue weighted by molar-refractivity contribution is 7.71. The third-order valence-corrected chi connectivity index (χ3v) is 5.19. The summed E-state index contributed by atoms with van der Waals surface area (Å²) in [6.07, 6.45) is 1.67. The number of hydrogen-bond donors (Lipinski definition) is 1. The number of carbonyl (C=O) groups is 1. The number of para-hydroxylation sites is 1. The molecule has 6 heteroatoms. The van der Waals surface area contributed by atoms with Crippen LogP contribution >= 0.6 is 12.2 Å². The maximum atomic E-state index is 13.1. The van der Waals surface area contributed by atoms with Crippen molar-refractivity contribution >= 4 is 28.9 Å². The van der Waals surface area contributed by atoms with Gasteiger partial charge in [0.15, 0.2) is 4.77 Å². The van der Waals surface area contributed by atoms with E-state index in [0.29, 0.717) is 17.0 Å². The van der Waals surface area contributed by atoms with E-state index in [4.69, 9.17) is 17.0 Å². The molecule has 0 fully saturated rings. The maximum Gasteiger partial charge on any atom is 0.272 e. The first kappa shape index (κ1) is 19.0. The van der Waals surface area contributed by atoms with Crippen LogP contribution in [0.3, 0.4) is 0 Å². The Morgan fingerprint density at radius 3 is 2.55 bits per heavy atom. The topological polar surface area (TPSA) is 50.3 Å². The standard InChI is InChI=1S/C23H21N3O2S/c1-25(15-16-8-9-18-13-20(28-2)11-10-17(18)12-16)22(27)21-14-24-23(29)26(21)19-6-4-3-5-7-19/h3-14H,15H2,1-2H3,(H,24,29). The van der Waals surface area contributed by atoms with E-state index in [0.717, 1.165) is 27.8 Å². The summed E-state index contributed by atoms with van der Waals surface area (Å²) in [6, 6.07) is 21.8. The largest absolute Gasteiger partial charge is 0.497 e. The molecule has 1 N–H and O–H groups in total. The lowest BCUT2D eigenvalue weighted by Crippen LogP contribution is -2.28. The quantitative estimate of drug-likeness (QED) is 0.479. The van der Waals surface area contributed by atoms with Crippen LogP contribution in [0.1, 0.15) is 16.1 Å². The minimum absolute atomic E-state index is 0.101. The van der Waals surface area contributed by atoms with E-state index in [1.54, 1.807) is 29.8 Å². The molecule has 146 valence electrons. The number of hydrogen-bond acceptors (Lipinski definition) is 3. The molecular formula is C23H21N3O2S. The molecule has 0 radical (unpaired) electrons. The molecule has 0 aliphatic rings. The van der Waals surface area contributed by atoms with Crippen LogP contribution in [0, 0.1) is 4.77 Å². The number of amides is 1. The van der Waals surface area contributed by atoms with Crippen LogP contribution in [-0.2, 0) is 6.54 Å². The third-order valence-electron chi connectivity index (χ3n) is 4.89. The van der Waals surface area contributed by atoms with Gasteiger partial charge >= 0.3 is 0 Å². The Balaban J connectivity index is 1.60. The minimum Gasteiger partial charge on any atom is -0.497 e. The zero-order chi connectivity index (χ0) is 20.4. The summed E-state index contributed by atoms with van der Waals surface area (Å²) >= 11 is 5.39. The van der Waals surface area contributed by atoms with E-state index < -0.39 is 0 Å². The lowest BCUT2D eigenvalue weighted by molar-refractivity contribution is 0.0777. The van der Waals surface area contributed by atoms with Crippen molar-refractivity contribution in [3.63, 3.8) is 0 Å². The summed E-state index contributed by atoms with van der Waals surface area (Å²) in [6.45, 7) is 0.494. The lowest BCUT2D eigenvalue weighted by atomic mass is 10.1.